The van der Waals surface area contributed by atoms with Crippen LogP contribution in [0.25, 0.3) is 0 Å². The number of nitrogens with one attached hydrogen (secondary N) is 1. The Hall–Kier alpha value is -2.04. The summed E-state index contributed by atoms with van der Waals surface area (Å²) in [6.07, 6.45) is 0.275. The highest BCUT2D eigenvalue weighted by molar-refractivity contribution is 5.85. The van der Waals surface area contributed by atoms with Crippen LogP contribution in [0.2, 0.25) is 0 Å². The van der Waals surface area contributed by atoms with E-state index in [0.717, 1.165) is 0 Å². The molecule has 1 atom stereocenters. The third-order valence-electron chi connectivity index (χ3n) is 2.50. The molecule has 2 N–H and O–H groups in total. The number of ether oxygens (including phenoxy) is 1. The van der Waals surface area contributed by atoms with E-state index in [0.29, 0.717) is 5.56 Å². The molecule has 0 aliphatic heterocycles. The number of phenols is 1. The number of phenolic OH excluding ortho intramolecular Hbond substituents is 1. The normalized spacial score (nSPS) is 12.6. The average Bonchev–Trinajstić information content (AvgIpc) is 2.34. The fourth-order valence-electron chi connectivity index (χ4n) is 1.57. The predicted octanol–water partition coefficient (Wildman–Crippen LogP) is 2.30. The lowest BCUT2D eigenvalue weighted by Crippen LogP contribution is -2.37. The van der Waals surface area contributed by atoms with E-state index in [1.54, 1.807) is 39.8 Å². The van der Waals surface area contributed by atoms with Gasteiger partial charge in [-0.05, 0) is 38.5 Å². The monoisotopic (exact) mass is 279 g/mol. The molecule has 0 saturated heterocycles. The van der Waals surface area contributed by atoms with Gasteiger partial charge in [0.2, 0.25) is 5.91 Å². The summed E-state index contributed by atoms with van der Waals surface area (Å²) in [6.45, 7) is 7.00. The minimum Gasteiger partial charge on any atom is -0.508 e. The van der Waals surface area contributed by atoms with E-state index in [1.807, 2.05) is 0 Å². The van der Waals surface area contributed by atoms with E-state index in [-0.39, 0.29) is 18.1 Å². The summed E-state index contributed by atoms with van der Waals surface area (Å²) >= 11 is 0. The van der Waals surface area contributed by atoms with Crippen molar-refractivity contribution in [3.8, 4) is 5.75 Å². The topological polar surface area (TPSA) is 75.6 Å². The fraction of sp³-hybridized carbons (Fsp3) is 0.467. The predicted molar refractivity (Wildman–Crippen MR) is 75.1 cm³/mol. The molecule has 0 saturated carbocycles. The van der Waals surface area contributed by atoms with Crippen LogP contribution in [0.4, 0.5) is 0 Å². The van der Waals surface area contributed by atoms with Gasteiger partial charge in [0.05, 0.1) is 0 Å². The zero-order chi connectivity index (χ0) is 15.3. The number of esters is 1. The zero-order valence-corrected chi connectivity index (χ0v) is 12.3. The molecule has 0 aromatic heterocycles. The first-order valence-electron chi connectivity index (χ1n) is 6.54. The fourth-order valence-corrected chi connectivity index (χ4v) is 1.57. The highest BCUT2D eigenvalue weighted by Crippen LogP contribution is 2.21. The number of hydrogen-bond acceptors (Lipinski definition) is 4. The Morgan fingerprint density at radius 3 is 2.25 bits per heavy atom. The molecular weight excluding hydrogens is 258 g/mol. The molecule has 0 heterocycles. The first kappa shape index (κ1) is 16.0. The lowest BCUT2D eigenvalue weighted by atomic mass is 10.1. The second-order valence-electron chi connectivity index (χ2n) is 5.48. The first-order chi connectivity index (χ1) is 9.23. The number of hydrogen-bond donors (Lipinski definition) is 2. The Kier molecular flexibility index (Phi) is 5.13. The maximum atomic E-state index is 12.2. The van der Waals surface area contributed by atoms with Gasteiger partial charge in [-0.15, -0.1) is 0 Å². The standard InChI is InChI=1S/C15H21NO4/c1-5-12(18)16-13(14(19)20-15(2,3)4)10-6-8-11(17)9-7-10/h6-9,13,17H,5H2,1-4H3,(H,16,18). The van der Waals surface area contributed by atoms with Crippen LogP contribution in [0.15, 0.2) is 24.3 Å². The third kappa shape index (κ3) is 4.91. The van der Waals surface area contributed by atoms with Crippen molar-refractivity contribution in [2.45, 2.75) is 45.8 Å². The van der Waals surface area contributed by atoms with Crippen LogP contribution in [-0.2, 0) is 14.3 Å². The smallest absolute Gasteiger partial charge is 0.333 e. The number of carbonyl (C=O) groups excluding carboxylic acids is 2. The third-order valence-corrected chi connectivity index (χ3v) is 2.50. The maximum absolute atomic E-state index is 12.2. The summed E-state index contributed by atoms with van der Waals surface area (Å²) in [5, 5.41) is 11.9. The Bertz CT molecular complexity index is 474. The molecule has 20 heavy (non-hydrogen) atoms. The van der Waals surface area contributed by atoms with Gasteiger partial charge in [-0.2, -0.15) is 0 Å². The molecule has 1 aromatic rings. The van der Waals surface area contributed by atoms with Gasteiger partial charge < -0.3 is 15.2 Å². The van der Waals surface area contributed by atoms with Crippen molar-refractivity contribution in [2.24, 2.45) is 0 Å². The van der Waals surface area contributed by atoms with Crippen molar-refractivity contribution in [1.29, 1.82) is 0 Å². The van der Waals surface area contributed by atoms with Crippen LogP contribution in [0, 0.1) is 0 Å². The van der Waals surface area contributed by atoms with Gasteiger partial charge >= 0.3 is 5.97 Å². The van der Waals surface area contributed by atoms with Crippen LogP contribution < -0.4 is 5.32 Å². The van der Waals surface area contributed by atoms with Crippen molar-refractivity contribution in [3.63, 3.8) is 0 Å². The van der Waals surface area contributed by atoms with Crippen molar-refractivity contribution in [1.82, 2.24) is 5.32 Å². The molecule has 110 valence electrons. The second-order valence-corrected chi connectivity index (χ2v) is 5.48. The Morgan fingerprint density at radius 1 is 1.25 bits per heavy atom. The van der Waals surface area contributed by atoms with Gasteiger partial charge in [0.1, 0.15) is 11.4 Å². The summed E-state index contributed by atoms with van der Waals surface area (Å²) < 4.78 is 5.31. The molecule has 0 fully saturated rings. The van der Waals surface area contributed by atoms with Gasteiger partial charge in [0.25, 0.3) is 0 Å². The Labute approximate surface area is 118 Å². The zero-order valence-electron chi connectivity index (χ0n) is 12.3. The molecule has 0 aliphatic carbocycles. The lowest BCUT2D eigenvalue weighted by Gasteiger charge is -2.24. The second kappa shape index (κ2) is 6.41. The van der Waals surface area contributed by atoms with Crippen LogP contribution in [0.1, 0.15) is 45.7 Å². The minimum atomic E-state index is -0.873. The molecule has 1 aromatic carbocycles. The van der Waals surface area contributed by atoms with Crippen LogP contribution in [0.3, 0.4) is 0 Å². The van der Waals surface area contributed by atoms with E-state index in [2.05, 4.69) is 5.32 Å². The molecule has 1 rings (SSSR count). The summed E-state index contributed by atoms with van der Waals surface area (Å²) in [7, 11) is 0. The highest BCUT2D eigenvalue weighted by Gasteiger charge is 2.27. The molecule has 5 nitrogen and oxygen atoms in total. The summed E-state index contributed by atoms with van der Waals surface area (Å²) in [4.78, 5) is 23.8. The molecule has 0 radical (unpaired) electrons. The van der Waals surface area contributed by atoms with Gasteiger partial charge in [-0.25, -0.2) is 4.79 Å². The number of benzene rings is 1. The number of carbonyl (C=O) groups is 2. The molecule has 1 unspecified atom stereocenters. The van der Waals surface area contributed by atoms with E-state index >= 15 is 0 Å². The van der Waals surface area contributed by atoms with Crippen molar-refractivity contribution >= 4 is 11.9 Å². The maximum Gasteiger partial charge on any atom is 0.333 e. The van der Waals surface area contributed by atoms with E-state index in [4.69, 9.17) is 4.74 Å². The largest absolute Gasteiger partial charge is 0.508 e. The quantitative estimate of drug-likeness (QED) is 0.829. The van der Waals surface area contributed by atoms with Crippen LogP contribution >= 0.6 is 0 Å². The Balaban J connectivity index is 2.98. The number of amides is 1. The molecule has 1 amide bonds. The van der Waals surface area contributed by atoms with Gasteiger partial charge in [0.15, 0.2) is 6.04 Å². The summed E-state index contributed by atoms with van der Waals surface area (Å²) in [5.41, 5.74) is -0.0673. The van der Waals surface area contributed by atoms with Crippen molar-refractivity contribution in [2.75, 3.05) is 0 Å². The molecular formula is C15H21NO4. The number of aromatic hydroxyl groups is 1. The first-order valence-corrected chi connectivity index (χ1v) is 6.54. The van der Waals surface area contributed by atoms with E-state index in [9.17, 15) is 14.7 Å². The van der Waals surface area contributed by atoms with Crippen molar-refractivity contribution in [3.05, 3.63) is 29.8 Å². The Morgan fingerprint density at radius 2 is 1.80 bits per heavy atom. The van der Waals surface area contributed by atoms with E-state index in [1.165, 1.54) is 12.1 Å². The molecule has 5 heteroatoms. The summed E-state index contributed by atoms with van der Waals surface area (Å²) in [6, 6.07) is 5.22. The number of rotatable bonds is 4. The highest BCUT2D eigenvalue weighted by atomic mass is 16.6. The molecule has 0 spiro atoms. The molecule has 0 aliphatic rings. The van der Waals surface area contributed by atoms with Gasteiger partial charge in [-0.1, -0.05) is 19.1 Å². The van der Waals surface area contributed by atoms with Gasteiger partial charge in [0, 0.05) is 6.42 Å². The van der Waals surface area contributed by atoms with Crippen LogP contribution in [0.5, 0.6) is 5.75 Å². The lowest BCUT2D eigenvalue weighted by molar-refractivity contribution is -0.158. The molecule has 0 bridgehead atoms. The average molecular weight is 279 g/mol. The SMILES string of the molecule is CCC(=O)NC(C(=O)OC(C)(C)C)c1ccc(O)cc1. The minimum absolute atomic E-state index is 0.0958. The van der Waals surface area contributed by atoms with E-state index < -0.39 is 17.6 Å². The van der Waals surface area contributed by atoms with Gasteiger partial charge in [-0.3, -0.25) is 4.79 Å². The van der Waals surface area contributed by atoms with Crippen molar-refractivity contribution < 1.29 is 19.4 Å². The van der Waals surface area contributed by atoms with Crippen LogP contribution in [-0.4, -0.2) is 22.6 Å². The summed E-state index contributed by atoms with van der Waals surface area (Å²) in [5.74, 6) is -0.669.